The van der Waals surface area contributed by atoms with Gasteiger partial charge >= 0.3 is 0 Å². The molecule has 2 amide bonds. The van der Waals surface area contributed by atoms with Gasteiger partial charge in [-0.25, -0.2) is 0 Å². The molecule has 1 aliphatic heterocycles. The molecule has 1 saturated carbocycles. The Kier molecular flexibility index (Phi) is 4.50. The molecule has 2 aliphatic rings. The number of rotatable bonds is 2. The van der Waals surface area contributed by atoms with Crippen molar-refractivity contribution in [2.75, 3.05) is 26.2 Å². The molecular weight excluding hydrogens is 278 g/mol. The summed E-state index contributed by atoms with van der Waals surface area (Å²) in [7, 11) is 1.92. The summed E-state index contributed by atoms with van der Waals surface area (Å²) in [4.78, 5) is 28.9. The van der Waals surface area contributed by atoms with E-state index in [9.17, 15) is 9.59 Å². The molecule has 2 fully saturated rings. The van der Waals surface area contributed by atoms with Crippen LogP contribution in [0.1, 0.15) is 42.5 Å². The van der Waals surface area contributed by atoms with Gasteiger partial charge in [-0.05, 0) is 25.3 Å². The maximum absolute atomic E-state index is 12.5. The van der Waals surface area contributed by atoms with Gasteiger partial charge < -0.3 is 14.4 Å². The van der Waals surface area contributed by atoms with Gasteiger partial charge in [0.1, 0.15) is 0 Å². The highest BCUT2D eigenvalue weighted by molar-refractivity contribution is 5.94. The van der Waals surface area contributed by atoms with Crippen LogP contribution in [0.3, 0.4) is 0 Å². The number of carbonyl (C=O) groups is 2. The van der Waals surface area contributed by atoms with Crippen molar-refractivity contribution in [1.82, 2.24) is 14.4 Å². The molecule has 2 heterocycles. The van der Waals surface area contributed by atoms with Gasteiger partial charge in [0.25, 0.3) is 5.91 Å². The molecule has 0 atom stereocenters. The first-order valence-electron chi connectivity index (χ1n) is 8.35. The van der Waals surface area contributed by atoms with Crippen LogP contribution in [0.25, 0.3) is 0 Å². The van der Waals surface area contributed by atoms with Gasteiger partial charge in [0.05, 0.1) is 5.56 Å². The number of amides is 2. The zero-order valence-corrected chi connectivity index (χ0v) is 13.3. The Morgan fingerprint density at radius 2 is 1.68 bits per heavy atom. The van der Waals surface area contributed by atoms with Crippen molar-refractivity contribution in [3.63, 3.8) is 0 Å². The Morgan fingerprint density at radius 3 is 2.36 bits per heavy atom. The van der Waals surface area contributed by atoms with Gasteiger partial charge in [-0.2, -0.15) is 0 Å². The third-order valence-corrected chi connectivity index (χ3v) is 4.88. The molecule has 0 aromatic carbocycles. The average Bonchev–Trinajstić information content (AvgIpc) is 3.13. The first-order chi connectivity index (χ1) is 10.6. The van der Waals surface area contributed by atoms with Crippen LogP contribution >= 0.6 is 0 Å². The van der Waals surface area contributed by atoms with Crippen molar-refractivity contribution < 1.29 is 9.59 Å². The summed E-state index contributed by atoms with van der Waals surface area (Å²) in [5, 5.41) is 0. The molecular formula is C17H25N3O2. The largest absolute Gasteiger partial charge is 0.356 e. The molecule has 1 aromatic heterocycles. The minimum atomic E-state index is 0.0794. The topological polar surface area (TPSA) is 45.6 Å². The number of nitrogens with zero attached hydrogens (tertiary/aromatic N) is 3. The molecule has 3 rings (SSSR count). The summed E-state index contributed by atoms with van der Waals surface area (Å²) in [6, 6.07) is 1.86. The predicted molar refractivity (Wildman–Crippen MR) is 84.5 cm³/mol. The fourth-order valence-corrected chi connectivity index (χ4v) is 3.58. The van der Waals surface area contributed by atoms with Gasteiger partial charge in [-0.1, -0.05) is 12.8 Å². The second-order valence-corrected chi connectivity index (χ2v) is 6.52. The summed E-state index contributed by atoms with van der Waals surface area (Å²) in [6.07, 6.45) is 9.07. The summed E-state index contributed by atoms with van der Waals surface area (Å²) in [5.74, 6) is 0.624. The summed E-state index contributed by atoms with van der Waals surface area (Å²) in [5.41, 5.74) is 0.734. The third-order valence-electron chi connectivity index (χ3n) is 4.88. The van der Waals surface area contributed by atoms with E-state index >= 15 is 0 Å². The average molecular weight is 303 g/mol. The van der Waals surface area contributed by atoms with Gasteiger partial charge in [0.2, 0.25) is 5.91 Å². The van der Waals surface area contributed by atoms with Crippen LogP contribution in [0.5, 0.6) is 0 Å². The number of aryl methyl sites for hydroxylation is 1. The summed E-state index contributed by atoms with van der Waals surface area (Å²) >= 11 is 0. The summed E-state index contributed by atoms with van der Waals surface area (Å²) < 4.78 is 1.89. The second kappa shape index (κ2) is 6.55. The van der Waals surface area contributed by atoms with Crippen LogP contribution in [0.2, 0.25) is 0 Å². The monoisotopic (exact) mass is 303 g/mol. The Hall–Kier alpha value is -1.78. The van der Waals surface area contributed by atoms with E-state index in [4.69, 9.17) is 0 Å². The lowest BCUT2D eigenvalue weighted by Gasteiger charge is -2.24. The van der Waals surface area contributed by atoms with Crippen LogP contribution in [-0.2, 0) is 11.8 Å². The van der Waals surface area contributed by atoms with Crippen molar-refractivity contribution in [3.8, 4) is 0 Å². The highest BCUT2D eigenvalue weighted by Gasteiger charge is 2.29. The second-order valence-electron chi connectivity index (χ2n) is 6.52. The van der Waals surface area contributed by atoms with E-state index in [0.29, 0.717) is 19.0 Å². The lowest BCUT2D eigenvalue weighted by Crippen LogP contribution is -2.39. The van der Waals surface area contributed by atoms with Crippen LogP contribution in [0.15, 0.2) is 18.5 Å². The summed E-state index contributed by atoms with van der Waals surface area (Å²) in [6.45, 7) is 2.84. The number of hydrogen-bond donors (Lipinski definition) is 0. The van der Waals surface area contributed by atoms with E-state index < -0.39 is 0 Å². The van der Waals surface area contributed by atoms with E-state index in [1.807, 2.05) is 39.9 Å². The standard InChI is InChI=1S/C17H25N3O2/c1-18-10-7-15(13-18)17(22)20-9-4-8-19(11-12-20)16(21)14-5-2-3-6-14/h7,10,13-14H,2-6,8-9,11-12H2,1H3. The Bertz CT molecular complexity index is 546. The molecule has 5 nitrogen and oxygen atoms in total. The third kappa shape index (κ3) is 3.18. The maximum atomic E-state index is 12.5. The first-order valence-corrected chi connectivity index (χ1v) is 8.35. The number of aromatic nitrogens is 1. The molecule has 0 spiro atoms. The van der Waals surface area contributed by atoms with E-state index in [2.05, 4.69) is 0 Å². The van der Waals surface area contributed by atoms with Gasteiger partial charge in [-0.3, -0.25) is 9.59 Å². The minimum absolute atomic E-state index is 0.0794. The first kappa shape index (κ1) is 15.1. The van der Waals surface area contributed by atoms with Gasteiger partial charge in [0, 0.05) is 51.5 Å². The van der Waals surface area contributed by atoms with Crippen molar-refractivity contribution in [1.29, 1.82) is 0 Å². The molecule has 120 valence electrons. The van der Waals surface area contributed by atoms with Gasteiger partial charge in [-0.15, -0.1) is 0 Å². The highest BCUT2D eigenvalue weighted by atomic mass is 16.2. The SMILES string of the molecule is Cn1ccc(C(=O)N2CCCN(C(=O)C3CCCC3)CC2)c1. The zero-order chi connectivity index (χ0) is 15.5. The number of carbonyl (C=O) groups excluding carboxylic acids is 2. The van der Waals surface area contributed by atoms with E-state index in [1.165, 1.54) is 12.8 Å². The quantitative estimate of drug-likeness (QED) is 0.837. The molecule has 22 heavy (non-hydrogen) atoms. The van der Waals surface area contributed by atoms with Crippen LogP contribution < -0.4 is 0 Å². The molecule has 1 aromatic rings. The van der Waals surface area contributed by atoms with Crippen molar-refractivity contribution in [2.45, 2.75) is 32.1 Å². The minimum Gasteiger partial charge on any atom is -0.356 e. The smallest absolute Gasteiger partial charge is 0.255 e. The molecule has 5 heteroatoms. The Balaban J connectivity index is 1.59. The van der Waals surface area contributed by atoms with E-state index in [0.717, 1.165) is 37.9 Å². The van der Waals surface area contributed by atoms with E-state index in [-0.39, 0.29) is 11.8 Å². The molecule has 1 saturated heterocycles. The fraction of sp³-hybridized carbons (Fsp3) is 0.647. The highest BCUT2D eigenvalue weighted by Crippen LogP contribution is 2.27. The van der Waals surface area contributed by atoms with Crippen molar-refractivity contribution >= 4 is 11.8 Å². The van der Waals surface area contributed by atoms with Crippen LogP contribution in [0.4, 0.5) is 0 Å². The lowest BCUT2D eigenvalue weighted by molar-refractivity contribution is -0.135. The molecule has 1 aliphatic carbocycles. The van der Waals surface area contributed by atoms with Crippen LogP contribution in [-0.4, -0.2) is 52.4 Å². The number of hydrogen-bond acceptors (Lipinski definition) is 2. The maximum Gasteiger partial charge on any atom is 0.255 e. The molecule has 0 bridgehead atoms. The van der Waals surface area contributed by atoms with Crippen LogP contribution in [0, 0.1) is 5.92 Å². The van der Waals surface area contributed by atoms with Crippen molar-refractivity contribution in [3.05, 3.63) is 24.0 Å². The zero-order valence-electron chi connectivity index (χ0n) is 13.3. The molecule has 0 radical (unpaired) electrons. The Labute approximate surface area is 131 Å². The Morgan fingerprint density at radius 1 is 1.00 bits per heavy atom. The van der Waals surface area contributed by atoms with E-state index in [1.54, 1.807) is 0 Å². The van der Waals surface area contributed by atoms with Crippen molar-refractivity contribution in [2.24, 2.45) is 13.0 Å². The van der Waals surface area contributed by atoms with Gasteiger partial charge in [0.15, 0.2) is 0 Å². The molecule has 0 unspecified atom stereocenters. The molecule has 0 N–H and O–H groups in total. The lowest BCUT2D eigenvalue weighted by atomic mass is 10.1. The predicted octanol–water partition coefficient (Wildman–Crippen LogP) is 1.89. The normalized spacial score (nSPS) is 20.2. The fourth-order valence-electron chi connectivity index (χ4n) is 3.58.